The Kier molecular flexibility index (Phi) is 4.75. The molecule has 1 heterocycles. The van der Waals surface area contributed by atoms with E-state index in [1.54, 1.807) is 0 Å². The highest BCUT2D eigenvalue weighted by Crippen LogP contribution is 2.34. The summed E-state index contributed by atoms with van der Waals surface area (Å²) in [7, 11) is -1.03. The lowest BCUT2D eigenvalue weighted by atomic mass is 10.2. The third-order valence-corrected chi connectivity index (χ3v) is 4.79. The van der Waals surface area contributed by atoms with Gasteiger partial charge in [0.2, 0.25) is 0 Å². The Morgan fingerprint density at radius 3 is 2.45 bits per heavy atom. The van der Waals surface area contributed by atoms with Crippen LogP contribution in [0.2, 0.25) is 0 Å². The van der Waals surface area contributed by atoms with Crippen molar-refractivity contribution in [3.8, 4) is 11.5 Å². The first-order valence-electron chi connectivity index (χ1n) is 7.17. The summed E-state index contributed by atoms with van der Waals surface area (Å²) < 4.78 is 23.6. The molecule has 4 nitrogen and oxygen atoms in total. The van der Waals surface area contributed by atoms with Crippen LogP contribution in [-0.4, -0.2) is 22.5 Å². The zero-order valence-electron chi connectivity index (χ0n) is 12.2. The largest absolute Gasteiger partial charge is 0.486 e. The van der Waals surface area contributed by atoms with Crippen molar-refractivity contribution in [3.05, 3.63) is 59.2 Å². The second-order valence-corrected chi connectivity index (χ2v) is 6.60. The summed E-state index contributed by atoms with van der Waals surface area (Å²) >= 11 is 0. The van der Waals surface area contributed by atoms with Crippen LogP contribution in [0.25, 0.3) is 0 Å². The summed E-state index contributed by atoms with van der Waals surface area (Å²) in [5.41, 5.74) is 2.78. The van der Waals surface area contributed by atoms with Crippen molar-refractivity contribution in [2.45, 2.75) is 18.1 Å². The maximum atomic E-state index is 12.4. The third kappa shape index (κ3) is 3.48. The maximum Gasteiger partial charge on any atom is 0.165 e. The van der Waals surface area contributed by atoms with Crippen molar-refractivity contribution in [2.75, 3.05) is 13.2 Å². The van der Waals surface area contributed by atoms with Crippen molar-refractivity contribution in [3.63, 3.8) is 0 Å². The molecular weight excluding hydrogens is 300 g/mol. The van der Waals surface area contributed by atoms with Gasteiger partial charge in [-0.2, -0.15) is 0 Å². The van der Waals surface area contributed by atoms with Gasteiger partial charge < -0.3 is 14.6 Å². The lowest BCUT2D eigenvalue weighted by Gasteiger charge is -2.20. The first kappa shape index (κ1) is 15.1. The van der Waals surface area contributed by atoms with E-state index < -0.39 is 10.8 Å². The molecule has 116 valence electrons. The van der Waals surface area contributed by atoms with Crippen LogP contribution in [0.5, 0.6) is 11.5 Å². The number of hydrogen-bond donors (Lipinski definition) is 1. The minimum atomic E-state index is -1.03. The zero-order valence-corrected chi connectivity index (χ0v) is 13.0. The van der Waals surface area contributed by atoms with E-state index in [1.807, 2.05) is 42.5 Å². The number of aliphatic hydroxyl groups excluding tert-OH is 1. The van der Waals surface area contributed by atoms with E-state index in [0.29, 0.717) is 24.7 Å². The highest BCUT2D eigenvalue weighted by atomic mass is 32.2. The maximum absolute atomic E-state index is 12.4. The molecule has 1 aliphatic heterocycles. The van der Waals surface area contributed by atoms with Crippen molar-refractivity contribution >= 4 is 10.8 Å². The smallest absolute Gasteiger partial charge is 0.165 e. The molecule has 2 aromatic carbocycles. The summed E-state index contributed by atoms with van der Waals surface area (Å²) in [6.45, 7) is 1.10. The van der Waals surface area contributed by atoms with E-state index in [-0.39, 0.29) is 6.61 Å². The molecule has 0 amide bonds. The Hall–Kier alpha value is -1.85. The van der Waals surface area contributed by atoms with Crippen LogP contribution in [0, 0.1) is 0 Å². The molecule has 0 saturated heterocycles. The molecule has 5 heteroatoms. The van der Waals surface area contributed by atoms with E-state index >= 15 is 0 Å². The van der Waals surface area contributed by atoms with Crippen LogP contribution in [0.15, 0.2) is 42.5 Å². The topological polar surface area (TPSA) is 55.8 Å². The Labute approximate surface area is 132 Å². The fraction of sp³-hybridized carbons (Fsp3) is 0.294. The van der Waals surface area contributed by atoms with Crippen LogP contribution in [0.3, 0.4) is 0 Å². The lowest BCUT2D eigenvalue weighted by Crippen LogP contribution is -2.17. The van der Waals surface area contributed by atoms with Gasteiger partial charge in [0.25, 0.3) is 0 Å². The van der Waals surface area contributed by atoms with Gasteiger partial charge in [0, 0.05) is 22.1 Å². The molecular formula is C17H18O4S. The van der Waals surface area contributed by atoms with Crippen molar-refractivity contribution in [1.82, 2.24) is 0 Å². The Morgan fingerprint density at radius 1 is 0.955 bits per heavy atom. The molecule has 1 aliphatic rings. The van der Waals surface area contributed by atoms with Gasteiger partial charge in [-0.3, -0.25) is 4.21 Å². The van der Waals surface area contributed by atoms with Gasteiger partial charge in [-0.15, -0.1) is 0 Å². The standard InChI is InChI=1S/C17H18O4S/c18-10-13-4-6-14(7-5-13)11-22(19)12-15-2-1-3-16-17(15)21-9-8-20-16/h1-7,18H,8-12H2. The average molecular weight is 318 g/mol. The number of ether oxygens (including phenoxy) is 2. The second-order valence-electron chi connectivity index (χ2n) is 5.14. The molecule has 0 radical (unpaired) electrons. The molecule has 0 bridgehead atoms. The summed E-state index contributed by atoms with van der Waals surface area (Å²) in [5.74, 6) is 2.37. The molecule has 0 saturated carbocycles. The molecule has 0 spiro atoms. The number of rotatable bonds is 5. The molecule has 0 aromatic heterocycles. The predicted molar refractivity (Wildman–Crippen MR) is 85.3 cm³/mol. The van der Waals surface area contributed by atoms with Crippen LogP contribution < -0.4 is 9.47 Å². The van der Waals surface area contributed by atoms with Crippen molar-refractivity contribution < 1.29 is 18.8 Å². The SMILES string of the molecule is O=S(Cc1ccc(CO)cc1)Cc1cccc2c1OCCO2. The van der Waals surface area contributed by atoms with Gasteiger partial charge in [-0.05, 0) is 17.2 Å². The summed E-state index contributed by atoms with van der Waals surface area (Å²) in [4.78, 5) is 0. The van der Waals surface area contributed by atoms with E-state index in [1.165, 1.54) is 0 Å². The molecule has 1 atom stereocenters. The van der Waals surface area contributed by atoms with E-state index in [2.05, 4.69) is 0 Å². The Morgan fingerprint density at radius 2 is 1.68 bits per heavy atom. The zero-order chi connectivity index (χ0) is 15.4. The summed E-state index contributed by atoms with van der Waals surface area (Å²) in [6.07, 6.45) is 0. The molecule has 2 aromatic rings. The highest BCUT2D eigenvalue weighted by Gasteiger charge is 2.17. The van der Waals surface area contributed by atoms with E-state index in [9.17, 15) is 4.21 Å². The first-order chi connectivity index (χ1) is 10.8. The van der Waals surface area contributed by atoms with Gasteiger partial charge in [0.05, 0.1) is 12.4 Å². The van der Waals surface area contributed by atoms with Gasteiger partial charge in [0.15, 0.2) is 11.5 Å². The first-order valence-corrected chi connectivity index (χ1v) is 8.66. The number of para-hydroxylation sites is 1. The average Bonchev–Trinajstić information content (AvgIpc) is 2.56. The van der Waals surface area contributed by atoms with Crippen LogP contribution >= 0.6 is 0 Å². The molecule has 22 heavy (non-hydrogen) atoms. The van der Waals surface area contributed by atoms with Gasteiger partial charge >= 0.3 is 0 Å². The molecule has 1 N–H and O–H groups in total. The summed E-state index contributed by atoms with van der Waals surface area (Å²) in [5, 5.41) is 9.03. The molecule has 0 fully saturated rings. The number of benzene rings is 2. The fourth-order valence-electron chi connectivity index (χ4n) is 2.40. The quantitative estimate of drug-likeness (QED) is 0.920. The number of fused-ring (bicyclic) bond motifs is 1. The highest BCUT2D eigenvalue weighted by molar-refractivity contribution is 7.83. The van der Waals surface area contributed by atoms with Gasteiger partial charge in [-0.25, -0.2) is 0 Å². The minimum Gasteiger partial charge on any atom is -0.486 e. The van der Waals surface area contributed by atoms with Crippen molar-refractivity contribution in [2.24, 2.45) is 0 Å². The van der Waals surface area contributed by atoms with Crippen LogP contribution in [0.4, 0.5) is 0 Å². The fourth-order valence-corrected chi connectivity index (χ4v) is 3.64. The third-order valence-electron chi connectivity index (χ3n) is 3.50. The normalized spacial score (nSPS) is 14.6. The Bertz CT molecular complexity index is 667. The number of aliphatic hydroxyl groups is 1. The van der Waals surface area contributed by atoms with E-state index in [0.717, 1.165) is 28.2 Å². The van der Waals surface area contributed by atoms with Gasteiger partial charge in [0.1, 0.15) is 13.2 Å². The summed E-state index contributed by atoms with van der Waals surface area (Å²) in [6, 6.07) is 13.2. The Balaban J connectivity index is 1.69. The molecule has 0 aliphatic carbocycles. The van der Waals surface area contributed by atoms with Crippen molar-refractivity contribution in [1.29, 1.82) is 0 Å². The lowest BCUT2D eigenvalue weighted by molar-refractivity contribution is 0.170. The van der Waals surface area contributed by atoms with E-state index in [4.69, 9.17) is 14.6 Å². The number of hydrogen-bond acceptors (Lipinski definition) is 4. The van der Waals surface area contributed by atoms with Gasteiger partial charge in [-0.1, -0.05) is 36.4 Å². The molecule has 3 rings (SSSR count). The molecule has 1 unspecified atom stereocenters. The van der Waals surface area contributed by atoms with Crippen LogP contribution in [0.1, 0.15) is 16.7 Å². The van der Waals surface area contributed by atoms with Crippen LogP contribution in [-0.2, 0) is 28.9 Å². The second kappa shape index (κ2) is 6.94. The minimum absolute atomic E-state index is 0.0247. The monoisotopic (exact) mass is 318 g/mol. The predicted octanol–water partition coefficient (Wildman–Crippen LogP) is 2.40.